The Bertz CT molecular complexity index is 525. The molecule has 106 valence electrons. The van der Waals surface area contributed by atoms with Crippen LogP contribution >= 0.6 is 15.9 Å². The number of nitrogens with one attached hydrogen (secondary N) is 1. The highest BCUT2D eigenvalue weighted by molar-refractivity contribution is 9.10. The number of hydrazine groups is 1. The minimum absolute atomic E-state index is 0.186. The summed E-state index contributed by atoms with van der Waals surface area (Å²) in [5.41, 5.74) is 4.60. The molecule has 20 heavy (non-hydrogen) atoms. The van der Waals surface area contributed by atoms with Gasteiger partial charge in [0.05, 0.1) is 0 Å². The maximum Gasteiger partial charge on any atom is 0.129 e. The normalized spacial score (nSPS) is 12.3. The first kappa shape index (κ1) is 15.2. The van der Waals surface area contributed by atoms with Gasteiger partial charge in [-0.15, -0.1) is 0 Å². The van der Waals surface area contributed by atoms with Gasteiger partial charge in [0.25, 0.3) is 0 Å². The zero-order valence-corrected chi connectivity index (χ0v) is 12.7. The molecule has 2 aromatic carbocycles. The Kier molecular flexibility index (Phi) is 5.71. The minimum atomic E-state index is -0.234. The summed E-state index contributed by atoms with van der Waals surface area (Å²) >= 11 is 3.39. The van der Waals surface area contributed by atoms with Crippen molar-refractivity contribution in [1.29, 1.82) is 0 Å². The van der Waals surface area contributed by atoms with E-state index in [1.165, 1.54) is 11.6 Å². The molecule has 2 nitrogen and oxygen atoms in total. The van der Waals surface area contributed by atoms with Gasteiger partial charge < -0.3 is 0 Å². The fourth-order valence-electron chi connectivity index (χ4n) is 2.31. The molecule has 3 N–H and O–H groups in total. The summed E-state index contributed by atoms with van der Waals surface area (Å²) < 4.78 is 14.7. The summed E-state index contributed by atoms with van der Waals surface area (Å²) in [6.45, 7) is 0. The zero-order chi connectivity index (χ0) is 14.4. The van der Waals surface area contributed by atoms with Gasteiger partial charge in [-0.25, -0.2) is 4.39 Å². The maximum atomic E-state index is 13.9. The van der Waals surface area contributed by atoms with E-state index in [0.29, 0.717) is 5.56 Å². The molecule has 2 rings (SSSR count). The molecule has 0 aliphatic carbocycles. The first-order valence-corrected chi connectivity index (χ1v) is 7.45. The summed E-state index contributed by atoms with van der Waals surface area (Å²) in [7, 11) is 0. The molecule has 0 aliphatic rings. The molecular formula is C16H18BrFN2. The van der Waals surface area contributed by atoms with Gasteiger partial charge in [-0.05, 0) is 37.0 Å². The Morgan fingerprint density at radius 1 is 1.10 bits per heavy atom. The molecular weight excluding hydrogens is 319 g/mol. The van der Waals surface area contributed by atoms with Crippen molar-refractivity contribution < 1.29 is 4.39 Å². The van der Waals surface area contributed by atoms with Gasteiger partial charge in [0.1, 0.15) is 5.82 Å². The van der Waals surface area contributed by atoms with Crippen LogP contribution < -0.4 is 11.3 Å². The Morgan fingerprint density at radius 3 is 2.50 bits per heavy atom. The average Bonchev–Trinajstić information content (AvgIpc) is 2.46. The zero-order valence-electron chi connectivity index (χ0n) is 11.2. The second-order valence-electron chi connectivity index (χ2n) is 4.73. The van der Waals surface area contributed by atoms with Gasteiger partial charge in [-0.3, -0.25) is 11.3 Å². The number of hydrogen-bond donors (Lipinski definition) is 2. The maximum absolute atomic E-state index is 13.9. The lowest BCUT2D eigenvalue weighted by Crippen LogP contribution is -2.29. The van der Waals surface area contributed by atoms with Crippen LogP contribution in [0.25, 0.3) is 0 Å². The molecule has 4 heteroatoms. The van der Waals surface area contributed by atoms with Gasteiger partial charge in [0, 0.05) is 16.1 Å². The van der Waals surface area contributed by atoms with Crippen molar-refractivity contribution in [3.05, 3.63) is 69.9 Å². The quantitative estimate of drug-likeness (QED) is 0.615. The Hall–Kier alpha value is -1.23. The molecule has 0 spiro atoms. The monoisotopic (exact) mass is 336 g/mol. The lowest BCUT2D eigenvalue weighted by atomic mass is 9.99. The standard InChI is InChI=1S/C16H18BrFN2/c17-13-9-5-10-14(18)16(13)15(20-19)11-4-8-12-6-2-1-3-7-12/h1-3,5-7,9-10,15,20H,4,8,11,19H2. The van der Waals surface area contributed by atoms with E-state index in [9.17, 15) is 4.39 Å². The topological polar surface area (TPSA) is 38.0 Å². The molecule has 0 bridgehead atoms. The van der Waals surface area contributed by atoms with E-state index in [1.54, 1.807) is 6.07 Å². The molecule has 2 aromatic rings. The van der Waals surface area contributed by atoms with Crippen LogP contribution in [0.4, 0.5) is 4.39 Å². The van der Waals surface area contributed by atoms with Crippen molar-refractivity contribution in [2.75, 3.05) is 0 Å². The van der Waals surface area contributed by atoms with Crippen LogP contribution in [0.15, 0.2) is 53.0 Å². The SMILES string of the molecule is NNC(CCCc1ccccc1)c1c(F)cccc1Br. The number of halogens is 2. The predicted octanol–water partition coefficient (Wildman–Crippen LogP) is 4.12. The fraction of sp³-hybridized carbons (Fsp3) is 0.250. The van der Waals surface area contributed by atoms with Gasteiger partial charge in [0.2, 0.25) is 0 Å². The molecule has 0 amide bonds. The number of benzene rings is 2. The van der Waals surface area contributed by atoms with E-state index in [2.05, 4.69) is 33.5 Å². The summed E-state index contributed by atoms with van der Waals surface area (Å²) in [6, 6.07) is 15.1. The van der Waals surface area contributed by atoms with E-state index in [-0.39, 0.29) is 11.9 Å². The van der Waals surface area contributed by atoms with Crippen LogP contribution in [0.3, 0.4) is 0 Å². The van der Waals surface area contributed by atoms with E-state index in [1.807, 2.05) is 24.3 Å². The molecule has 0 saturated heterocycles. The lowest BCUT2D eigenvalue weighted by Gasteiger charge is -2.18. The number of aryl methyl sites for hydroxylation is 1. The third-order valence-corrected chi connectivity index (χ3v) is 4.04. The van der Waals surface area contributed by atoms with Crippen LogP contribution in [0, 0.1) is 5.82 Å². The Balaban J connectivity index is 1.99. The lowest BCUT2D eigenvalue weighted by molar-refractivity contribution is 0.470. The summed E-state index contributed by atoms with van der Waals surface area (Å²) in [5, 5.41) is 0. The Labute approximate surface area is 127 Å². The van der Waals surface area contributed by atoms with Crippen LogP contribution in [0.1, 0.15) is 30.0 Å². The van der Waals surface area contributed by atoms with Crippen LogP contribution in [-0.2, 0) is 6.42 Å². The predicted molar refractivity (Wildman–Crippen MR) is 83.5 cm³/mol. The van der Waals surface area contributed by atoms with E-state index < -0.39 is 0 Å². The Morgan fingerprint density at radius 2 is 1.85 bits per heavy atom. The van der Waals surface area contributed by atoms with Crippen LogP contribution in [0.5, 0.6) is 0 Å². The van der Waals surface area contributed by atoms with Crippen molar-refractivity contribution in [1.82, 2.24) is 5.43 Å². The summed E-state index contributed by atoms with van der Waals surface area (Å²) in [4.78, 5) is 0. The second-order valence-corrected chi connectivity index (χ2v) is 5.59. The van der Waals surface area contributed by atoms with Gasteiger partial charge in [0.15, 0.2) is 0 Å². The van der Waals surface area contributed by atoms with Crippen molar-refractivity contribution in [3.8, 4) is 0 Å². The van der Waals surface area contributed by atoms with E-state index in [4.69, 9.17) is 5.84 Å². The third kappa shape index (κ3) is 3.88. The first-order chi connectivity index (χ1) is 9.72. The number of hydrogen-bond acceptors (Lipinski definition) is 2. The van der Waals surface area contributed by atoms with Crippen LogP contribution in [-0.4, -0.2) is 0 Å². The van der Waals surface area contributed by atoms with Crippen molar-refractivity contribution in [3.63, 3.8) is 0 Å². The molecule has 0 radical (unpaired) electrons. The van der Waals surface area contributed by atoms with Gasteiger partial charge >= 0.3 is 0 Å². The smallest absolute Gasteiger partial charge is 0.129 e. The molecule has 0 aliphatic heterocycles. The first-order valence-electron chi connectivity index (χ1n) is 6.66. The third-order valence-electron chi connectivity index (χ3n) is 3.35. The van der Waals surface area contributed by atoms with E-state index >= 15 is 0 Å². The molecule has 0 fully saturated rings. The number of rotatable bonds is 6. The summed E-state index contributed by atoms with van der Waals surface area (Å²) in [5.74, 6) is 5.35. The van der Waals surface area contributed by atoms with Crippen molar-refractivity contribution >= 4 is 15.9 Å². The largest absolute Gasteiger partial charge is 0.271 e. The van der Waals surface area contributed by atoms with Crippen molar-refractivity contribution in [2.45, 2.75) is 25.3 Å². The fourth-order valence-corrected chi connectivity index (χ4v) is 2.93. The van der Waals surface area contributed by atoms with E-state index in [0.717, 1.165) is 23.7 Å². The highest BCUT2D eigenvalue weighted by atomic mass is 79.9. The molecule has 1 atom stereocenters. The highest BCUT2D eigenvalue weighted by Crippen LogP contribution is 2.29. The number of nitrogens with two attached hydrogens (primary N) is 1. The second kappa shape index (κ2) is 7.53. The molecule has 0 saturated carbocycles. The molecule has 1 unspecified atom stereocenters. The molecule has 0 aromatic heterocycles. The highest BCUT2D eigenvalue weighted by Gasteiger charge is 2.17. The average molecular weight is 337 g/mol. The van der Waals surface area contributed by atoms with Gasteiger partial charge in [-0.1, -0.05) is 52.3 Å². The molecule has 0 heterocycles. The summed E-state index contributed by atoms with van der Waals surface area (Å²) in [6.07, 6.45) is 2.69. The van der Waals surface area contributed by atoms with Crippen LogP contribution in [0.2, 0.25) is 0 Å². The minimum Gasteiger partial charge on any atom is -0.271 e. The van der Waals surface area contributed by atoms with Gasteiger partial charge in [-0.2, -0.15) is 0 Å². The van der Waals surface area contributed by atoms with Crippen molar-refractivity contribution in [2.24, 2.45) is 5.84 Å².